The van der Waals surface area contributed by atoms with Crippen molar-refractivity contribution >= 4 is 0 Å². The van der Waals surface area contributed by atoms with Crippen LogP contribution in [0.1, 0.15) is 18.9 Å². The Morgan fingerprint density at radius 2 is 1.94 bits per heavy atom. The molecule has 2 nitrogen and oxygen atoms in total. The highest BCUT2D eigenvalue weighted by molar-refractivity contribution is 5.20. The summed E-state index contributed by atoms with van der Waals surface area (Å²) in [5.74, 6) is -0.958. The van der Waals surface area contributed by atoms with Gasteiger partial charge in [-0.15, -0.1) is 0 Å². The van der Waals surface area contributed by atoms with Crippen LogP contribution < -0.4 is 11.1 Å². The minimum atomic E-state index is -0.479. The number of nitrogens with two attached hydrogens (primary N) is 1. The average molecular weight is 228 g/mol. The summed E-state index contributed by atoms with van der Waals surface area (Å²) in [6.45, 7) is 3.30. The standard InChI is InChI=1S/C12H18F2N2/c1-9(16-7-3-6-15)8-10-11(13)4-2-5-12(10)14/h2,4-5,9,16H,3,6-8,15H2,1H3. The summed E-state index contributed by atoms with van der Waals surface area (Å²) in [7, 11) is 0. The Morgan fingerprint density at radius 1 is 1.31 bits per heavy atom. The maximum Gasteiger partial charge on any atom is 0.129 e. The maximum absolute atomic E-state index is 13.3. The van der Waals surface area contributed by atoms with Crippen molar-refractivity contribution in [3.63, 3.8) is 0 Å². The van der Waals surface area contributed by atoms with E-state index in [-0.39, 0.29) is 11.6 Å². The molecular weight excluding hydrogens is 210 g/mol. The van der Waals surface area contributed by atoms with E-state index in [1.54, 1.807) is 0 Å². The highest BCUT2D eigenvalue weighted by Crippen LogP contribution is 2.13. The third-order valence-electron chi connectivity index (χ3n) is 2.45. The Balaban J connectivity index is 2.52. The molecule has 0 aliphatic rings. The van der Waals surface area contributed by atoms with E-state index in [9.17, 15) is 8.78 Å². The van der Waals surface area contributed by atoms with E-state index >= 15 is 0 Å². The molecule has 0 amide bonds. The molecule has 0 aliphatic heterocycles. The van der Waals surface area contributed by atoms with E-state index < -0.39 is 11.6 Å². The Kier molecular flexibility index (Phi) is 5.35. The molecule has 16 heavy (non-hydrogen) atoms. The zero-order chi connectivity index (χ0) is 12.0. The van der Waals surface area contributed by atoms with Gasteiger partial charge in [-0.05, 0) is 45.0 Å². The Labute approximate surface area is 94.8 Å². The van der Waals surface area contributed by atoms with Crippen LogP contribution in [0.15, 0.2) is 18.2 Å². The summed E-state index contributed by atoms with van der Waals surface area (Å²) >= 11 is 0. The van der Waals surface area contributed by atoms with Crippen LogP contribution in [0, 0.1) is 11.6 Å². The minimum Gasteiger partial charge on any atom is -0.330 e. The highest BCUT2D eigenvalue weighted by Gasteiger charge is 2.11. The van der Waals surface area contributed by atoms with Gasteiger partial charge >= 0.3 is 0 Å². The normalized spacial score (nSPS) is 12.8. The monoisotopic (exact) mass is 228 g/mol. The van der Waals surface area contributed by atoms with Crippen molar-refractivity contribution < 1.29 is 8.78 Å². The molecule has 0 aliphatic carbocycles. The largest absolute Gasteiger partial charge is 0.330 e. The molecule has 0 fully saturated rings. The highest BCUT2D eigenvalue weighted by atomic mass is 19.1. The van der Waals surface area contributed by atoms with Gasteiger partial charge in [0, 0.05) is 11.6 Å². The van der Waals surface area contributed by atoms with Gasteiger partial charge in [0.2, 0.25) is 0 Å². The molecule has 0 saturated heterocycles. The maximum atomic E-state index is 13.3. The second-order valence-corrected chi connectivity index (χ2v) is 3.90. The summed E-state index contributed by atoms with van der Waals surface area (Å²) in [6, 6.07) is 3.98. The lowest BCUT2D eigenvalue weighted by Crippen LogP contribution is -2.30. The molecule has 0 bridgehead atoms. The van der Waals surface area contributed by atoms with Crippen LogP contribution in [0.2, 0.25) is 0 Å². The summed E-state index contributed by atoms with van der Waals surface area (Å²) < 4.78 is 26.6. The second kappa shape index (κ2) is 6.55. The lowest BCUT2D eigenvalue weighted by molar-refractivity contribution is 0.496. The molecular formula is C12H18F2N2. The van der Waals surface area contributed by atoms with Crippen LogP contribution in [0.25, 0.3) is 0 Å². The van der Waals surface area contributed by atoms with Gasteiger partial charge in [0.25, 0.3) is 0 Å². The minimum absolute atomic E-state index is 0.0398. The van der Waals surface area contributed by atoms with Gasteiger partial charge < -0.3 is 11.1 Å². The lowest BCUT2D eigenvalue weighted by Gasteiger charge is -2.14. The van der Waals surface area contributed by atoms with E-state index in [0.29, 0.717) is 13.0 Å². The first-order chi connectivity index (χ1) is 7.65. The van der Waals surface area contributed by atoms with Crippen molar-refractivity contribution in [2.45, 2.75) is 25.8 Å². The van der Waals surface area contributed by atoms with E-state index in [2.05, 4.69) is 5.32 Å². The summed E-state index contributed by atoms with van der Waals surface area (Å²) in [6.07, 6.45) is 1.22. The fourth-order valence-corrected chi connectivity index (χ4v) is 1.56. The smallest absolute Gasteiger partial charge is 0.129 e. The van der Waals surface area contributed by atoms with Gasteiger partial charge in [0.15, 0.2) is 0 Å². The molecule has 1 rings (SSSR count). The third kappa shape index (κ3) is 3.87. The van der Waals surface area contributed by atoms with Gasteiger partial charge in [-0.2, -0.15) is 0 Å². The summed E-state index contributed by atoms with van der Waals surface area (Å²) in [5, 5.41) is 3.17. The fourth-order valence-electron chi connectivity index (χ4n) is 1.56. The van der Waals surface area contributed by atoms with E-state index in [1.807, 2.05) is 6.92 Å². The van der Waals surface area contributed by atoms with Crippen molar-refractivity contribution in [3.05, 3.63) is 35.4 Å². The molecule has 0 saturated carbocycles. The second-order valence-electron chi connectivity index (χ2n) is 3.90. The van der Waals surface area contributed by atoms with Crippen molar-refractivity contribution in [2.24, 2.45) is 5.73 Å². The fraction of sp³-hybridized carbons (Fsp3) is 0.500. The van der Waals surface area contributed by atoms with E-state index in [1.165, 1.54) is 18.2 Å². The zero-order valence-electron chi connectivity index (χ0n) is 9.47. The van der Waals surface area contributed by atoms with Crippen LogP contribution in [-0.4, -0.2) is 19.1 Å². The van der Waals surface area contributed by atoms with Gasteiger partial charge in [-0.3, -0.25) is 0 Å². The molecule has 1 aromatic carbocycles. The van der Waals surface area contributed by atoms with Crippen LogP contribution in [0.5, 0.6) is 0 Å². The Hall–Kier alpha value is -1.00. The molecule has 0 aromatic heterocycles. The lowest BCUT2D eigenvalue weighted by atomic mass is 10.1. The Morgan fingerprint density at radius 3 is 2.50 bits per heavy atom. The summed E-state index contributed by atoms with van der Waals surface area (Å²) in [5.41, 5.74) is 5.50. The predicted octanol–water partition coefficient (Wildman–Crippen LogP) is 1.83. The van der Waals surface area contributed by atoms with Crippen molar-refractivity contribution in [1.82, 2.24) is 5.32 Å². The molecule has 0 spiro atoms. The molecule has 3 N–H and O–H groups in total. The molecule has 0 radical (unpaired) electrons. The van der Waals surface area contributed by atoms with Crippen molar-refractivity contribution in [2.75, 3.05) is 13.1 Å². The van der Waals surface area contributed by atoms with Crippen LogP contribution in [-0.2, 0) is 6.42 Å². The number of nitrogens with one attached hydrogen (secondary N) is 1. The van der Waals surface area contributed by atoms with E-state index in [4.69, 9.17) is 5.73 Å². The molecule has 4 heteroatoms. The van der Waals surface area contributed by atoms with Crippen LogP contribution in [0.3, 0.4) is 0 Å². The summed E-state index contributed by atoms with van der Waals surface area (Å²) in [4.78, 5) is 0. The van der Waals surface area contributed by atoms with Crippen molar-refractivity contribution in [1.29, 1.82) is 0 Å². The average Bonchev–Trinajstić information content (AvgIpc) is 2.24. The number of halogens is 2. The van der Waals surface area contributed by atoms with Gasteiger partial charge in [0.1, 0.15) is 11.6 Å². The van der Waals surface area contributed by atoms with E-state index in [0.717, 1.165) is 13.0 Å². The number of benzene rings is 1. The number of hydrogen-bond donors (Lipinski definition) is 2. The van der Waals surface area contributed by atoms with Gasteiger partial charge in [-0.1, -0.05) is 6.07 Å². The molecule has 1 unspecified atom stereocenters. The topological polar surface area (TPSA) is 38.0 Å². The van der Waals surface area contributed by atoms with Crippen LogP contribution >= 0.6 is 0 Å². The van der Waals surface area contributed by atoms with Crippen molar-refractivity contribution in [3.8, 4) is 0 Å². The van der Waals surface area contributed by atoms with Crippen LogP contribution in [0.4, 0.5) is 8.78 Å². The first-order valence-electron chi connectivity index (χ1n) is 5.51. The Bertz CT molecular complexity index is 309. The molecule has 0 heterocycles. The predicted molar refractivity (Wildman–Crippen MR) is 61.2 cm³/mol. The number of rotatable bonds is 6. The number of hydrogen-bond acceptors (Lipinski definition) is 2. The zero-order valence-corrected chi connectivity index (χ0v) is 9.47. The molecule has 1 atom stereocenters. The first-order valence-corrected chi connectivity index (χ1v) is 5.51. The quantitative estimate of drug-likeness (QED) is 0.729. The van der Waals surface area contributed by atoms with Gasteiger partial charge in [0.05, 0.1) is 0 Å². The molecule has 1 aromatic rings. The SMILES string of the molecule is CC(Cc1c(F)cccc1F)NCCCN. The third-order valence-corrected chi connectivity index (χ3v) is 2.45. The molecule has 90 valence electrons. The first kappa shape index (κ1) is 13.1. The van der Waals surface area contributed by atoms with Gasteiger partial charge in [-0.25, -0.2) is 8.78 Å².